The van der Waals surface area contributed by atoms with Crippen molar-refractivity contribution in [1.82, 2.24) is 10.5 Å². The summed E-state index contributed by atoms with van der Waals surface area (Å²) < 4.78 is 38.9. The number of hydroxylamine groups is 1. The van der Waals surface area contributed by atoms with Crippen molar-refractivity contribution in [3.63, 3.8) is 0 Å². The summed E-state index contributed by atoms with van der Waals surface area (Å²) in [6.07, 6.45) is 0.0364. The molecule has 0 unspecified atom stereocenters. The van der Waals surface area contributed by atoms with E-state index in [1.165, 1.54) is 30.9 Å². The molecule has 10 heteroatoms. The first kappa shape index (κ1) is 25.5. The molecule has 37 heavy (non-hydrogen) atoms. The summed E-state index contributed by atoms with van der Waals surface area (Å²) in [5.74, 6) is 6.48. The van der Waals surface area contributed by atoms with Gasteiger partial charge in [0.25, 0.3) is 10.0 Å². The second-order valence-electron chi connectivity index (χ2n) is 7.67. The van der Waals surface area contributed by atoms with Crippen LogP contribution in [0, 0.1) is 11.8 Å². The van der Waals surface area contributed by atoms with Crippen molar-refractivity contribution in [2.45, 2.75) is 11.8 Å². The Hall–Kier alpha value is -4.59. The molecule has 1 heterocycles. The zero-order valence-corrected chi connectivity index (χ0v) is 20.8. The molecule has 0 saturated heterocycles. The smallest absolute Gasteiger partial charge is 0.436 e. The molecule has 0 aliphatic heterocycles. The Balaban J connectivity index is 1.91. The molecule has 3 aromatic carbocycles. The van der Waals surface area contributed by atoms with Gasteiger partial charge in [0.2, 0.25) is 0 Å². The van der Waals surface area contributed by atoms with Gasteiger partial charge in [-0.25, -0.2) is 18.7 Å². The largest absolute Gasteiger partial charge is 0.497 e. The second-order valence-corrected chi connectivity index (χ2v) is 9.53. The van der Waals surface area contributed by atoms with Crippen molar-refractivity contribution in [2.24, 2.45) is 0 Å². The van der Waals surface area contributed by atoms with Crippen molar-refractivity contribution >= 4 is 32.7 Å². The number of pyridine rings is 1. The van der Waals surface area contributed by atoms with Gasteiger partial charge in [-0.3, -0.25) is 14.5 Å². The first-order chi connectivity index (χ1) is 17.9. The zero-order valence-electron chi connectivity index (χ0n) is 20.0. The fourth-order valence-electron chi connectivity index (χ4n) is 3.68. The van der Waals surface area contributed by atoms with E-state index in [9.17, 15) is 13.2 Å². The van der Waals surface area contributed by atoms with E-state index in [2.05, 4.69) is 16.8 Å². The van der Waals surface area contributed by atoms with Crippen molar-refractivity contribution in [2.75, 3.05) is 18.0 Å². The molecule has 9 nitrogen and oxygen atoms in total. The van der Waals surface area contributed by atoms with Crippen LogP contribution >= 0.6 is 0 Å². The topological polar surface area (TPSA) is 118 Å². The number of ether oxygens (including phenoxy) is 2. The van der Waals surface area contributed by atoms with Crippen LogP contribution in [-0.2, 0) is 10.0 Å². The molecule has 0 aliphatic carbocycles. The highest BCUT2D eigenvalue weighted by Crippen LogP contribution is 2.39. The van der Waals surface area contributed by atoms with Gasteiger partial charge < -0.3 is 9.47 Å². The lowest BCUT2D eigenvalue weighted by Gasteiger charge is -2.26. The van der Waals surface area contributed by atoms with Crippen LogP contribution in [0.15, 0.2) is 83.9 Å². The predicted octanol–water partition coefficient (Wildman–Crippen LogP) is 4.34. The molecule has 0 atom stereocenters. The third-order valence-corrected chi connectivity index (χ3v) is 7.30. The second kappa shape index (κ2) is 11.0. The van der Waals surface area contributed by atoms with Crippen molar-refractivity contribution in [3.8, 4) is 23.3 Å². The summed E-state index contributed by atoms with van der Waals surface area (Å²) in [5, 5.41) is 9.39. The maximum Gasteiger partial charge on any atom is 0.436 e. The Morgan fingerprint density at radius 1 is 1.03 bits per heavy atom. The minimum Gasteiger partial charge on any atom is -0.497 e. The van der Waals surface area contributed by atoms with E-state index in [-0.39, 0.29) is 22.9 Å². The highest BCUT2D eigenvalue weighted by atomic mass is 32.2. The van der Waals surface area contributed by atoms with Gasteiger partial charge in [-0.05, 0) is 61.5 Å². The number of carbonyl (C=O) groups excluding carboxylic acids is 1. The number of nitrogens with one attached hydrogen (secondary N) is 1. The Kier molecular flexibility index (Phi) is 7.57. The number of aromatic nitrogens is 1. The Morgan fingerprint density at radius 2 is 1.73 bits per heavy atom. The molecule has 0 radical (unpaired) electrons. The van der Waals surface area contributed by atoms with Gasteiger partial charge in [0.15, 0.2) is 5.75 Å². The minimum absolute atomic E-state index is 0.00447. The standard InChI is InChI=1S/C27H23N3O6S/c1-3-30(37(33,34)22-14-12-21(35-2)13-15-22)26-23-17-20(10-9-19-7-5-4-6-8-19)11-16-24(23)28-18-25(26)36-27(31)29-32/h4-8,11-18,32H,3H2,1-2H3,(H,29,31). The fourth-order valence-corrected chi connectivity index (χ4v) is 5.18. The molecule has 0 saturated carbocycles. The third-order valence-electron chi connectivity index (χ3n) is 5.41. The van der Waals surface area contributed by atoms with Crippen LogP contribution in [0.3, 0.4) is 0 Å². The van der Waals surface area contributed by atoms with E-state index in [4.69, 9.17) is 14.7 Å². The van der Waals surface area contributed by atoms with Gasteiger partial charge in [0.1, 0.15) is 11.4 Å². The monoisotopic (exact) mass is 517 g/mol. The molecule has 0 aliphatic rings. The van der Waals surface area contributed by atoms with E-state index in [1.807, 2.05) is 30.3 Å². The van der Waals surface area contributed by atoms with E-state index >= 15 is 0 Å². The van der Waals surface area contributed by atoms with Gasteiger partial charge >= 0.3 is 6.09 Å². The molecule has 1 amide bonds. The molecule has 0 fully saturated rings. The molecule has 2 N–H and O–H groups in total. The number of hydrogen-bond donors (Lipinski definition) is 2. The van der Waals surface area contributed by atoms with Crippen LogP contribution in [0.1, 0.15) is 18.1 Å². The predicted molar refractivity (Wildman–Crippen MR) is 138 cm³/mol. The first-order valence-corrected chi connectivity index (χ1v) is 12.6. The van der Waals surface area contributed by atoms with Crippen LogP contribution in [-0.4, -0.2) is 38.4 Å². The average Bonchev–Trinajstić information content (AvgIpc) is 2.93. The molecular formula is C27H23N3O6S. The summed E-state index contributed by atoms with van der Waals surface area (Å²) in [5.41, 5.74) is 3.34. The molecule has 0 bridgehead atoms. The van der Waals surface area contributed by atoms with Crippen LogP contribution < -0.4 is 19.3 Å². The van der Waals surface area contributed by atoms with Crippen LogP contribution in [0.2, 0.25) is 0 Å². The molecule has 4 rings (SSSR count). The number of sulfonamides is 1. The average molecular weight is 518 g/mol. The molecule has 0 spiro atoms. The van der Waals surface area contributed by atoms with Gasteiger partial charge in [-0.2, -0.15) is 0 Å². The van der Waals surface area contributed by atoms with Crippen LogP contribution in [0.5, 0.6) is 11.5 Å². The Labute approximate surface area is 214 Å². The lowest BCUT2D eigenvalue weighted by Crippen LogP contribution is -2.32. The lowest BCUT2D eigenvalue weighted by atomic mass is 10.1. The summed E-state index contributed by atoms with van der Waals surface area (Å²) in [4.78, 5) is 16.2. The summed E-state index contributed by atoms with van der Waals surface area (Å²) in [7, 11) is -2.63. The number of rotatable bonds is 6. The first-order valence-electron chi connectivity index (χ1n) is 11.2. The number of amides is 1. The number of hydrogen-bond acceptors (Lipinski definition) is 7. The van der Waals surface area contributed by atoms with E-state index in [0.29, 0.717) is 22.2 Å². The number of anilines is 1. The molecule has 1 aromatic heterocycles. The van der Waals surface area contributed by atoms with Crippen molar-refractivity contribution in [1.29, 1.82) is 0 Å². The van der Waals surface area contributed by atoms with E-state index in [1.54, 1.807) is 37.3 Å². The lowest BCUT2D eigenvalue weighted by molar-refractivity contribution is 0.127. The number of nitrogens with zero attached hydrogens (tertiary/aromatic N) is 2. The summed E-state index contributed by atoms with van der Waals surface area (Å²) in [6.45, 7) is 1.66. The highest BCUT2D eigenvalue weighted by molar-refractivity contribution is 7.92. The quantitative estimate of drug-likeness (QED) is 0.222. The third kappa shape index (κ3) is 5.48. The molecule has 188 valence electrons. The van der Waals surface area contributed by atoms with Crippen molar-refractivity contribution < 1.29 is 27.9 Å². The SMILES string of the molecule is CCN(c1c(OC(=O)NO)cnc2ccc(C#Cc3ccccc3)cc12)S(=O)(=O)c1ccc(OC)cc1. The number of fused-ring (bicyclic) bond motifs is 1. The zero-order chi connectivity index (χ0) is 26.4. The Bertz CT molecular complexity index is 1590. The maximum atomic E-state index is 13.7. The minimum atomic E-state index is -4.11. The van der Waals surface area contributed by atoms with Gasteiger partial charge in [-0.15, -0.1) is 0 Å². The van der Waals surface area contributed by atoms with E-state index < -0.39 is 16.1 Å². The van der Waals surface area contributed by atoms with E-state index in [0.717, 1.165) is 9.87 Å². The van der Waals surface area contributed by atoms with Crippen LogP contribution in [0.4, 0.5) is 10.5 Å². The van der Waals surface area contributed by atoms with Crippen LogP contribution in [0.25, 0.3) is 10.9 Å². The number of carbonyl (C=O) groups is 1. The molecular weight excluding hydrogens is 494 g/mol. The summed E-state index contributed by atoms with van der Waals surface area (Å²) in [6, 6.07) is 20.5. The normalized spacial score (nSPS) is 10.8. The highest BCUT2D eigenvalue weighted by Gasteiger charge is 2.29. The van der Waals surface area contributed by atoms with Gasteiger partial charge in [0, 0.05) is 23.1 Å². The maximum absolute atomic E-state index is 13.7. The number of benzene rings is 3. The Morgan fingerprint density at radius 3 is 2.38 bits per heavy atom. The van der Waals surface area contributed by atoms with Crippen molar-refractivity contribution in [3.05, 3.63) is 90.1 Å². The van der Waals surface area contributed by atoms with Gasteiger partial charge in [0.05, 0.1) is 23.7 Å². The fraction of sp³-hybridized carbons (Fsp3) is 0.111. The number of methoxy groups -OCH3 is 1. The molecule has 4 aromatic rings. The summed E-state index contributed by atoms with van der Waals surface area (Å²) >= 11 is 0. The van der Waals surface area contributed by atoms with Gasteiger partial charge in [-0.1, -0.05) is 30.0 Å².